The summed E-state index contributed by atoms with van der Waals surface area (Å²) in [4.78, 5) is 10.3. The van der Waals surface area contributed by atoms with Gasteiger partial charge in [-0.2, -0.15) is 11.8 Å². The van der Waals surface area contributed by atoms with Gasteiger partial charge in [-0.15, -0.1) is 0 Å². The Balaban J connectivity index is 2.28. The van der Waals surface area contributed by atoms with Crippen molar-refractivity contribution in [3.8, 4) is 0 Å². The first-order valence-corrected chi connectivity index (χ1v) is 9.65. The number of rotatable bonds is 3. The quantitative estimate of drug-likeness (QED) is 0.764. The lowest BCUT2D eigenvalue weighted by molar-refractivity contribution is 0.582. The number of hydrogen-bond acceptors (Lipinski definition) is 6. The molecule has 1 aliphatic rings. The molecule has 0 saturated carbocycles. The monoisotopic (exact) mass is 351 g/mol. The molecular weight excluding hydrogens is 338 g/mol. The van der Waals surface area contributed by atoms with E-state index in [2.05, 4.69) is 25.9 Å². The second-order valence-corrected chi connectivity index (χ2v) is 7.99. The summed E-state index contributed by atoms with van der Waals surface area (Å²) in [6.07, 6.45) is 4.71. The standard InChI is InChI=1S/C10H14BrN3O2S2/c1-18(15,16)9-7-17-3-2-14(9)10-12-5-8(4-11)6-13-10/h5-6,9H,2-4,7H2,1H3. The zero-order chi connectivity index (χ0) is 13.2. The molecule has 2 rings (SSSR count). The topological polar surface area (TPSA) is 63.2 Å². The maximum Gasteiger partial charge on any atom is 0.226 e. The van der Waals surface area contributed by atoms with Crippen LogP contribution < -0.4 is 4.90 Å². The van der Waals surface area contributed by atoms with Crippen LogP contribution in [-0.2, 0) is 15.2 Å². The zero-order valence-corrected chi connectivity index (χ0v) is 13.1. The van der Waals surface area contributed by atoms with Crippen molar-refractivity contribution in [3.05, 3.63) is 18.0 Å². The molecule has 100 valence electrons. The first kappa shape index (κ1) is 14.1. The highest BCUT2D eigenvalue weighted by Gasteiger charge is 2.32. The molecule has 0 radical (unpaired) electrons. The molecule has 1 aromatic rings. The van der Waals surface area contributed by atoms with Gasteiger partial charge in [0.2, 0.25) is 5.95 Å². The molecule has 1 aromatic heterocycles. The Labute approximate surface area is 119 Å². The molecule has 1 unspecified atom stereocenters. The highest BCUT2D eigenvalue weighted by atomic mass is 79.9. The Morgan fingerprint density at radius 2 is 2.17 bits per heavy atom. The van der Waals surface area contributed by atoms with E-state index in [1.54, 1.807) is 29.1 Å². The molecule has 0 aliphatic carbocycles. The molecule has 5 nitrogen and oxygen atoms in total. The molecule has 1 fully saturated rings. The van der Waals surface area contributed by atoms with Crippen molar-refractivity contribution in [2.75, 3.05) is 29.2 Å². The van der Waals surface area contributed by atoms with Gasteiger partial charge in [0.25, 0.3) is 0 Å². The number of alkyl halides is 1. The van der Waals surface area contributed by atoms with Gasteiger partial charge in [0.05, 0.1) is 0 Å². The molecule has 8 heteroatoms. The van der Waals surface area contributed by atoms with E-state index in [-0.39, 0.29) is 0 Å². The zero-order valence-electron chi connectivity index (χ0n) is 9.91. The van der Waals surface area contributed by atoms with Gasteiger partial charge in [-0.3, -0.25) is 0 Å². The molecule has 18 heavy (non-hydrogen) atoms. The third-order valence-electron chi connectivity index (χ3n) is 2.68. The van der Waals surface area contributed by atoms with Crippen molar-refractivity contribution in [1.29, 1.82) is 0 Å². The summed E-state index contributed by atoms with van der Waals surface area (Å²) in [6.45, 7) is 0.663. The summed E-state index contributed by atoms with van der Waals surface area (Å²) in [6, 6.07) is 0. The molecule has 0 amide bonds. The lowest BCUT2D eigenvalue weighted by Crippen LogP contribution is -2.47. The van der Waals surface area contributed by atoms with E-state index in [4.69, 9.17) is 0 Å². The molecule has 0 N–H and O–H groups in total. The summed E-state index contributed by atoms with van der Waals surface area (Å²) in [5, 5.41) is 0.171. The number of anilines is 1. The minimum atomic E-state index is -3.12. The Hall–Kier alpha value is -0.340. The summed E-state index contributed by atoms with van der Waals surface area (Å²) in [7, 11) is -3.12. The van der Waals surface area contributed by atoms with Crippen molar-refractivity contribution in [2.45, 2.75) is 10.7 Å². The molecule has 2 heterocycles. The van der Waals surface area contributed by atoms with E-state index < -0.39 is 15.2 Å². The molecule has 1 aliphatic heterocycles. The molecule has 0 spiro atoms. The number of halogens is 1. The second-order valence-electron chi connectivity index (χ2n) is 4.08. The van der Waals surface area contributed by atoms with Crippen LogP contribution in [0.5, 0.6) is 0 Å². The average molecular weight is 352 g/mol. The number of thioether (sulfide) groups is 1. The molecule has 0 aromatic carbocycles. The summed E-state index contributed by atoms with van der Waals surface area (Å²) < 4.78 is 23.6. The van der Waals surface area contributed by atoms with Gasteiger partial charge < -0.3 is 4.90 Å². The van der Waals surface area contributed by atoms with Gasteiger partial charge in [0.15, 0.2) is 9.84 Å². The third-order valence-corrected chi connectivity index (χ3v) is 5.97. The maximum atomic E-state index is 11.8. The summed E-state index contributed by atoms with van der Waals surface area (Å²) in [5.41, 5.74) is 0.973. The normalized spacial score (nSPS) is 21.0. The number of nitrogens with zero attached hydrogens (tertiary/aromatic N) is 3. The fourth-order valence-corrected chi connectivity index (χ4v) is 4.83. The lowest BCUT2D eigenvalue weighted by atomic mass is 10.4. The van der Waals surface area contributed by atoms with Gasteiger partial charge in [-0.1, -0.05) is 15.9 Å². The van der Waals surface area contributed by atoms with Crippen molar-refractivity contribution in [1.82, 2.24) is 9.97 Å². The van der Waals surface area contributed by atoms with Gasteiger partial charge in [0, 0.05) is 42.0 Å². The minimum Gasteiger partial charge on any atom is -0.322 e. The van der Waals surface area contributed by atoms with Gasteiger partial charge in [0.1, 0.15) is 5.37 Å². The van der Waals surface area contributed by atoms with Crippen LogP contribution >= 0.6 is 27.7 Å². The lowest BCUT2D eigenvalue weighted by Gasteiger charge is -2.33. The number of aromatic nitrogens is 2. The SMILES string of the molecule is CS(=O)(=O)C1CSCCN1c1ncc(CBr)cn1. The first-order chi connectivity index (χ1) is 8.52. The second kappa shape index (κ2) is 5.75. The maximum absolute atomic E-state index is 11.8. The Bertz CT molecular complexity index is 506. The van der Waals surface area contributed by atoms with Gasteiger partial charge in [-0.25, -0.2) is 18.4 Å². The first-order valence-electron chi connectivity index (χ1n) is 5.42. The number of hydrogen-bond donors (Lipinski definition) is 0. The largest absolute Gasteiger partial charge is 0.322 e. The molecular formula is C10H14BrN3O2S2. The van der Waals surface area contributed by atoms with E-state index in [0.717, 1.165) is 11.3 Å². The molecule has 1 atom stereocenters. The van der Waals surface area contributed by atoms with E-state index >= 15 is 0 Å². The molecule has 1 saturated heterocycles. The predicted molar refractivity (Wildman–Crippen MR) is 78.0 cm³/mol. The van der Waals surface area contributed by atoms with Crippen molar-refractivity contribution in [3.63, 3.8) is 0 Å². The Morgan fingerprint density at radius 3 is 2.72 bits per heavy atom. The van der Waals surface area contributed by atoms with Crippen LogP contribution in [0.25, 0.3) is 0 Å². The van der Waals surface area contributed by atoms with Crippen LogP contribution in [0.4, 0.5) is 5.95 Å². The van der Waals surface area contributed by atoms with E-state index in [1.807, 2.05) is 0 Å². The summed E-state index contributed by atoms with van der Waals surface area (Å²) in [5.74, 6) is 1.97. The predicted octanol–water partition coefficient (Wildman–Crippen LogP) is 1.30. The van der Waals surface area contributed by atoms with Crippen LogP contribution in [0, 0.1) is 0 Å². The highest BCUT2D eigenvalue weighted by molar-refractivity contribution is 9.08. The van der Waals surface area contributed by atoms with Crippen LogP contribution in [-0.4, -0.2) is 48.1 Å². The van der Waals surface area contributed by atoms with E-state index in [9.17, 15) is 8.42 Å². The van der Waals surface area contributed by atoms with Crippen LogP contribution in [0.3, 0.4) is 0 Å². The van der Waals surface area contributed by atoms with E-state index in [1.165, 1.54) is 6.26 Å². The fourth-order valence-electron chi connectivity index (χ4n) is 1.73. The van der Waals surface area contributed by atoms with Gasteiger partial charge >= 0.3 is 0 Å². The van der Waals surface area contributed by atoms with Crippen molar-refractivity contribution >= 4 is 43.5 Å². The smallest absolute Gasteiger partial charge is 0.226 e. The number of sulfone groups is 1. The van der Waals surface area contributed by atoms with E-state index in [0.29, 0.717) is 23.6 Å². The molecule has 0 bridgehead atoms. The fraction of sp³-hybridized carbons (Fsp3) is 0.600. The third kappa shape index (κ3) is 3.16. The van der Waals surface area contributed by atoms with Gasteiger partial charge in [-0.05, 0) is 5.56 Å². The van der Waals surface area contributed by atoms with Crippen LogP contribution in [0.2, 0.25) is 0 Å². The van der Waals surface area contributed by atoms with Crippen molar-refractivity contribution in [2.24, 2.45) is 0 Å². The van der Waals surface area contributed by atoms with Crippen molar-refractivity contribution < 1.29 is 8.42 Å². The summed E-state index contributed by atoms with van der Waals surface area (Å²) >= 11 is 4.98. The van der Waals surface area contributed by atoms with Crippen LogP contribution in [0.1, 0.15) is 5.56 Å². The van der Waals surface area contributed by atoms with Crippen LogP contribution in [0.15, 0.2) is 12.4 Å². The average Bonchev–Trinajstić information content (AvgIpc) is 2.38. The highest BCUT2D eigenvalue weighted by Crippen LogP contribution is 2.24. The Morgan fingerprint density at radius 1 is 1.50 bits per heavy atom. The minimum absolute atomic E-state index is 0.496. The Kier molecular flexibility index (Phi) is 4.50.